The van der Waals surface area contributed by atoms with E-state index in [2.05, 4.69) is 28.6 Å². The zero-order valence-corrected chi connectivity index (χ0v) is 16.2. The fraction of sp³-hybridized carbons (Fsp3) is 0.600. The quantitative estimate of drug-likeness (QED) is 0.567. The van der Waals surface area contributed by atoms with Crippen molar-refractivity contribution in [1.29, 1.82) is 0 Å². The highest BCUT2D eigenvalue weighted by atomic mass is 19.4. The van der Waals surface area contributed by atoms with Crippen LogP contribution in [0.4, 0.5) is 13.2 Å². The molecule has 6 nitrogen and oxygen atoms in total. The van der Waals surface area contributed by atoms with E-state index >= 15 is 0 Å². The maximum Gasteiger partial charge on any atom is 0.490 e. The van der Waals surface area contributed by atoms with Crippen LogP contribution in [0, 0.1) is 5.41 Å². The Balaban J connectivity index is 0.000000370. The largest absolute Gasteiger partial charge is 0.490 e. The predicted molar refractivity (Wildman–Crippen MR) is 100 cm³/mol. The number of halogens is 3. The standard InChI is InChI=1S/C18H26N2O2.C2HF3O2/c1-2-11-21-15-18-8-5-12-22-17(18)7-10-20(14-18)13-16-6-3-4-9-19-16;3-2(4,5)1(6)7/h2-4,6,9,17H,1,5,7-8,10-15H2;(H,6,7). The zero-order valence-electron chi connectivity index (χ0n) is 16.2. The lowest BCUT2D eigenvalue weighted by Crippen LogP contribution is -2.56. The number of fused-ring (bicyclic) bond motifs is 1. The molecule has 0 bridgehead atoms. The molecule has 2 saturated heterocycles. The lowest BCUT2D eigenvalue weighted by molar-refractivity contribution is -0.192. The minimum absolute atomic E-state index is 0.133. The average Bonchev–Trinajstić information content (AvgIpc) is 2.68. The van der Waals surface area contributed by atoms with E-state index in [9.17, 15) is 13.2 Å². The van der Waals surface area contributed by atoms with Crippen LogP contribution in [-0.2, 0) is 20.8 Å². The molecule has 0 amide bonds. The first kappa shape index (κ1) is 23.3. The highest BCUT2D eigenvalue weighted by Gasteiger charge is 2.46. The molecule has 0 aromatic carbocycles. The number of likely N-dealkylation sites (tertiary alicyclic amines) is 1. The average molecular weight is 416 g/mol. The van der Waals surface area contributed by atoms with Gasteiger partial charge >= 0.3 is 12.1 Å². The summed E-state index contributed by atoms with van der Waals surface area (Å²) in [6.07, 6.45) is 2.35. The van der Waals surface area contributed by atoms with Gasteiger partial charge in [-0.2, -0.15) is 13.2 Å². The molecule has 2 fully saturated rings. The van der Waals surface area contributed by atoms with Gasteiger partial charge in [-0.15, -0.1) is 6.58 Å². The van der Waals surface area contributed by atoms with Crippen molar-refractivity contribution in [2.45, 2.75) is 38.1 Å². The van der Waals surface area contributed by atoms with Crippen LogP contribution in [0.2, 0.25) is 0 Å². The Bertz CT molecular complexity index is 657. The van der Waals surface area contributed by atoms with E-state index in [1.165, 1.54) is 6.42 Å². The number of ether oxygens (including phenoxy) is 2. The molecule has 1 aromatic heterocycles. The number of carboxylic acids is 1. The summed E-state index contributed by atoms with van der Waals surface area (Å²) in [6, 6.07) is 6.13. The molecule has 2 aliphatic heterocycles. The van der Waals surface area contributed by atoms with E-state index in [4.69, 9.17) is 19.4 Å². The summed E-state index contributed by atoms with van der Waals surface area (Å²) in [7, 11) is 0. The Kier molecular flexibility index (Phi) is 8.60. The van der Waals surface area contributed by atoms with E-state index in [0.717, 1.165) is 51.4 Å². The van der Waals surface area contributed by atoms with Crippen LogP contribution in [0.1, 0.15) is 25.0 Å². The minimum Gasteiger partial charge on any atom is -0.475 e. The van der Waals surface area contributed by atoms with Gasteiger partial charge in [0, 0.05) is 37.9 Å². The van der Waals surface area contributed by atoms with Gasteiger partial charge in [-0.25, -0.2) is 4.79 Å². The van der Waals surface area contributed by atoms with Crippen LogP contribution in [0.25, 0.3) is 0 Å². The first-order chi connectivity index (χ1) is 13.8. The number of hydrogen-bond acceptors (Lipinski definition) is 5. The van der Waals surface area contributed by atoms with Crippen molar-refractivity contribution in [3.8, 4) is 0 Å². The van der Waals surface area contributed by atoms with E-state index in [0.29, 0.717) is 12.7 Å². The van der Waals surface area contributed by atoms with E-state index in [1.54, 1.807) is 0 Å². The summed E-state index contributed by atoms with van der Waals surface area (Å²) in [4.78, 5) is 15.9. The van der Waals surface area contributed by atoms with Gasteiger partial charge in [-0.05, 0) is 31.4 Å². The summed E-state index contributed by atoms with van der Waals surface area (Å²) in [5.41, 5.74) is 1.27. The van der Waals surface area contributed by atoms with E-state index in [1.807, 2.05) is 18.3 Å². The molecule has 2 unspecified atom stereocenters. The molecule has 0 radical (unpaired) electrons. The number of alkyl halides is 3. The molecule has 1 aromatic rings. The second-order valence-electron chi connectivity index (χ2n) is 7.25. The van der Waals surface area contributed by atoms with Crippen molar-refractivity contribution < 1.29 is 32.5 Å². The lowest BCUT2D eigenvalue weighted by atomic mass is 9.73. The molecule has 9 heteroatoms. The molecule has 0 saturated carbocycles. The van der Waals surface area contributed by atoms with Crippen molar-refractivity contribution in [3.05, 3.63) is 42.7 Å². The SMILES string of the molecule is C=CCOCC12CCCOC1CCN(Cc1ccccn1)C2.O=C(O)C(F)(F)F. The van der Waals surface area contributed by atoms with Gasteiger partial charge in [0.1, 0.15) is 0 Å². The zero-order chi connectivity index (χ0) is 21.3. The van der Waals surface area contributed by atoms with Crippen LogP contribution in [-0.4, -0.2) is 66.2 Å². The smallest absolute Gasteiger partial charge is 0.475 e. The number of aromatic nitrogens is 1. The Morgan fingerprint density at radius 1 is 1.48 bits per heavy atom. The Hall–Kier alpha value is -1.97. The molecule has 1 N–H and O–H groups in total. The Labute approximate surface area is 168 Å². The van der Waals surface area contributed by atoms with Crippen molar-refractivity contribution in [2.24, 2.45) is 5.41 Å². The number of carbonyl (C=O) groups is 1. The van der Waals surface area contributed by atoms with Crippen molar-refractivity contribution in [2.75, 3.05) is 32.9 Å². The predicted octanol–water partition coefficient (Wildman–Crippen LogP) is 3.29. The summed E-state index contributed by atoms with van der Waals surface area (Å²) in [5.74, 6) is -2.76. The highest BCUT2D eigenvalue weighted by molar-refractivity contribution is 5.73. The second-order valence-corrected chi connectivity index (χ2v) is 7.25. The number of rotatable bonds is 6. The Morgan fingerprint density at radius 2 is 2.24 bits per heavy atom. The normalized spacial score (nSPS) is 24.7. The molecular weight excluding hydrogens is 389 g/mol. The van der Waals surface area contributed by atoms with Gasteiger partial charge in [0.15, 0.2) is 0 Å². The monoisotopic (exact) mass is 416 g/mol. The lowest BCUT2D eigenvalue weighted by Gasteiger charge is -2.50. The number of nitrogens with zero attached hydrogens (tertiary/aromatic N) is 2. The van der Waals surface area contributed by atoms with Gasteiger partial charge in [0.2, 0.25) is 0 Å². The highest BCUT2D eigenvalue weighted by Crippen LogP contribution is 2.40. The van der Waals surface area contributed by atoms with Crippen LogP contribution in [0.5, 0.6) is 0 Å². The third-order valence-corrected chi connectivity index (χ3v) is 5.05. The van der Waals surface area contributed by atoms with E-state index < -0.39 is 12.1 Å². The van der Waals surface area contributed by atoms with Crippen molar-refractivity contribution >= 4 is 5.97 Å². The van der Waals surface area contributed by atoms with Gasteiger partial charge in [-0.3, -0.25) is 9.88 Å². The molecule has 0 spiro atoms. The number of piperidine rings is 1. The minimum atomic E-state index is -5.08. The van der Waals surface area contributed by atoms with Crippen molar-refractivity contribution in [3.63, 3.8) is 0 Å². The van der Waals surface area contributed by atoms with Gasteiger partial charge in [0.25, 0.3) is 0 Å². The van der Waals surface area contributed by atoms with Crippen molar-refractivity contribution in [1.82, 2.24) is 9.88 Å². The first-order valence-corrected chi connectivity index (χ1v) is 9.49. The summed E-state index contributed by atoms with van der Waals surface area (Å²) in [6.45, 7) is 9.04. The topological polar surface area (TPSA) is 71.9 Å². The second kappa shape index (κ2) is 10.7. The number of carboxylic acid groups (broad SMARTS) is 1. The number of pyridine rings is 1. The molecule has 29 heavy (non-hydrogen) atoms. The Morgan fingerprint density at radius 3 is 2.86 bits per heavy atom. The summed E-state index contributed by atoms with van der Waals surface area (Å²) in [5, 5.41) is 7.12. The van der Waals surface area contributed by atoms with Gasteiger partial charge in [-0.1, -0.05) is 12.1 Å². The third-order valence-electron chi connectivity index (χ3n) is 5.05. The fourth-order valence-electron chi connectivity index (χ4n) is 3.79. The van der Waals surface area contributed by atoms with Crippen LogP contribution >= 0.6 is 0 Å². The molecule has 2 aliphatic rings. The van der Waals surface area contributed by atoms with Gasteiger partial charge < -0.3 is 14.6 Å². The van der Waals surface area contributed by atoms with E-state index in [-0.39, 0.29) is 5.41 Å². The molecule has 162 valence electrons. The van der Waals surface area contributed by atoms with Crippen LogP contribution in [0.3, 0.4) is 0 Å². The molecular formula is C20H27F3N2O4. The molecule has 3 heterocycles. The summed E-state index contributed by atoms with van der Waals surface area (Å²) < 4.78 is 43.6. The molecule has 0 aliphatic carbocycles. The molecule has 3 rings (SSSR count). The number of aliphatic carboxylic acids is 1. The number of hydrogen-bond donors (Lipinski definition) is 1. The summed E-state index contributed by atoms with van der Waals surface area (Å²) >= 11 is 0. The van der Waals surface area contributed by atoms with Gasteiger partial charge in [0.05, 0.1) is 25.0 Å². The molecule has 2 atom stereocenters. The van der Waals surface area contributed by atoms with Crippen LogP contribution < -0.4 is 0 Å². The maximum absolute atomic E-state index is 10.6. The maximum atomic E-state index is 10.6. The van der Waals surface area contributed by atoms with Crippen LogP contribution in [0.15, 0.2) is 37.1 Å². The first-order valence-electron chi connectivity index (χ1n) is 9.49. The third kappa shape index (κ3) is 7.09. The fourth-order valence-corrected chi connectivity index (χ4v) is 3.79.